The SMILES string of the molecule is Cc1nc(C(C)(C)C)oc1CCC(=O)O. The molecule has 1 aromatic rings. The van der Waals surface area contributed by atoms with Crippen LogP contribution in [0.3, 0.4) is 0 Å². The predicted octanol–water partition coefficient (Wildman–Crippen LogP) is 2.30. The number of carboxylic acids is 1. The van der Waals surface area contributed by atoms with Crippen LogP contribution in [0.5, 0.6) is 0 Å². The zero-order chi connectivity index (χ0) is 11.6. The highest BCUT2D eigenvalue weighted by molar-refractivity contribution is 5.66. The lowest BCUT2D eigenvalue weighted by Crippen LogP contribution is -2.11. The van der Waals surface area contributed by atoms with E-state index in [2.05, 4.69) is 4.98 Å². The maximum Gasteiger partial charge on any atom is 0.303 e. The highest BCUT2D eigenvalue weighted by atomic mass is 16.4. The van der Waals surface area contributed by atoms with Crippen molar-refractivity contribution in [1.29, 1.82) is 0 Å². The minimum absolute atomic E-state index is 0.0830. The van der Waals surface area contributed by atoms with Crippen LogP contribution in [-0.4, -0.2) is 16.1 Å². The molecule has 84 valence electrons. The molecule has 4 nitrogen and oxygen atoms in total. The Morgan fingerprint density at radius 2 is 2.07 bits per heavy atom. The Morgan fingerprint density at radius 3 is 2.47 bits per heavy atom. The van der Waals surface area contributed by atoms with Crippen molar-refractivity contribution in [1.82, 2.24) is 4.98 Å². The maximum atomic E-state index is 10.4. The summed E-state index contributed by atoms with van der Waals surface area (Å²) in [5, 5.41) is 8.57. The van der Waals surface area contributed by atoms with Gasteiger partial charge in [0.1, 0.15) is 5.76 Å². The van der Waals surface area contributed by atoms with E-state index in [-0.39, 0.29) is 11.8 Å². The second-order valence-electron chi connectivity index (χ2n) is 4.67. The summed E-state index contributed by atoms with van der Waals surface area (Å²) in [6, 6.07) is 0. The molecule has 0 amide bonds. The third kappa shape index (κ3) is 3.08. The molecule has 0 aliphatic rings. The zero-order valence-electron chi connectivity index (χ0n) is 9.63. The minimum Gasteiger partial charge on any atom is -0.481 e. The van der Waals surface area contributed by atoms with Crippen LogP contribution in [0, 0.1) is 6.92 Å². The Morgan fingerprint density at radius 1 is 1.47 bits per heavy atom. The number of oxazole rings is 1. The fourth-order valence-electron chi connectivity index (χ4n) is 1.20. The van der Waals surface area contributed by atoms with Crippen molar-refractivity contribution in [3.63, 3.8) is 0 Å². The zero-order valence-corrected chi connectivity index (χ0v) is 9.63. The molecule has 1 heterocycles. The number of rotatable bonds is 3. The smallest absolute Gasteiger partial charge is 0.303 e. The molecule has 0 fully saturated rings. The molecule has 0 bridgehead atoms. The van der Waals surface area contributed by atoms with E-state index in [4.69, 9.17) is 9.52 Å². The largest absolute Gasteiger partial charge is 0.481 e. The van der Waals surface area contributed by atoms with Gasteiger partial charge >= 0.3 is 5.97 Å². The van der Waals surface area contributed by atoms with Crippen LogP contribution in [0.2, 0.25) is 0 Å². The molecule has 0 aromatic carbocycles. The maximum absolute atomic E-state index is 10.4. The van der Waals surface area contributed by atoms with E-state index < -0.39 is 5.97 Å². The molecule has 0 saturated heterocycles. The van der Waals surface area contributed by atoms with Gasteiger partial charge < -0.3 is 9.52 Å². The van der Waals surface area contributed by atoms with E-state index in [9.17, 15) is 4.79 Å². The van der Waals surface area contributed by atoms with Gasteiger partial charge in [0, 0.05) is 11.8 Å². The quantitative estimate of drug-likeness (QED) is 0.833. The van der Waals surface area contributed by atoms with E-state index in [0.717, 1.165) is 5.69 Å². The van der Waals surface area contributed by atoms with Gasteiger partial charge in [-0.25, -0.2) is 4.98 Å². The van der Waals surface area contributed by atoms with Gasteiger partial charge in [-0.3, -0.25) is 4.79 Å². The van der Waals surface area contributed by atoms with Crippen molar-refractivity contribution < 1.29 is 14.3 Å². The number of hydrogen-bond acceptors (Lipinski definition) is 3. The first-order chi connectivity index (χ1) is 6.80. The van der Waals surface area contributed by atoms with Crippen LogP contribution in [0.25, 0.3) is 0 Å². The number of hydrogen-bond donors (Lipinski definition) is 1. The fourth-order valence-corrected chi connectivity index (χ4v) is 1.20. The molecule has 4 heteroatoms. The molecule has 0 unspecified atom stereocenters. The minimum atomic E-state index is -0.817. The third-order valence-corrected chi connectivity index (χ3v) is 2.10. The van der Waals surface area contributed by atoms with Crippen molar-refractivity contribution in [2.75, 3.05) is 0 Å². The van der Waals surface area contributed by atoms with Crippen molar-refractivity contribution in [3.05, 3.63) is 17.3 Å². The van der Waals surface area contributed by atoms with E-state index >= 15 is 0 Å². The van der Waals surface area contributed by atoms with E-state index in [1.165, 1.54) is 0 Å². The van der Waals surface area contributed by atoms with Crippen LogP contribution >= 0.6 is 0 Å². The van der Waals surface area contributed by atoms with Gasteiger partial charge in [-0.15, -0.1) is 0 Å². The summed E-state index contributed by atoms with van der Waals surface area (Å²) in [4.78, 5) is 14.7. The van der Waals surface area contributed by atoms with E-state index in [0.29, 0.717) is 18.1 Å². The molecule has 0 atom stereocenters. The molecular formula is C11H17NO3. The molecule has 0 saturated carbocycles. The fraction of sp³-hybridized carbons (Fsp3) is 0.636. The highest BCUT2D eigenvalue weighted by Crippen LogP contribution is 2.24. The van der Waals surface area contributed by atoms with Crippen molar-refractivity contribution >= 4 is 5.97 Å². The van der Waals surface area contributed by atoms with Gasteiger partial charge in [-0.1, -0.05) is 20.8 Å². The number of aryl methyl sites for hydroxylation is 2. The Balaban J connectivity index is 2.82. The first kappa shape index (κ1) is 11.8. The molecule has 0 aliphatic carbocycles. The summed E-state index contributed by atoms with van der Waals surface area (Å²) < 4.78 is 5.55. The van der Waals surface area contributed by atoms with Crippen molar-refractivity contribution in [2.45, 2.75) is 46.0 Å². The monoisotopic (exact) mass is 211 g/mol. The summed E-state index contributed by atoms with van der Waals surface area (Å²) in [5.41, 5.74) is 0.660. The molecule has 15 heavy (non-hydrogen) atoms. The van der Waals surface area contributed by atoms with Gasteiger partial charge in [0.2, 0.25) is 0 Å². The lowest BCUT2D eigenvalue weighted by molar-refractivity contribution is -0.137. The second-order valence-corrected chi connectivity index (χ2v) is 4.67. The average Bonchev–Trinajstić information content (AvgIpc) is 2.42. The number of nitrogens with zero attached hydrogens (tertiary/aromatic N) is 1. The first-order valence-corrected chi connectivity index (χ1v) is 4.99. The molecule has 1 rings (SSSR count). The molecule has 0 aliphatic heterocycles. The van der Waals surface area contributed by atoms with Crippen molar-refractivity contribution in [2.24, 2.45) is 0 Å². The summed E-state index contributed by atoms with van der Waals surface area (Å²) in [7, 11) is 0. The Labute approximate surface area is 89.3 Å². The normalized spacial score (nSPS) is 11.7. The average molecular weight is 211 g/mol. The van der Waals surface area contributed by atoms with Gasteiger partial charge in [-0.05, 0) is 6.92 Å². The second kappa shape index (κ2) is 4.04. The Kier molecular flexibility index (Phi) is 3.17. The van der Waals surface area contributed by atoms with Gasteiger partial charge in [0.05, 0.1) is 12.1 Å². The molecular weight excluding hydrogens is 194 g/mol. The van der Waals surface area contributed by atoms with Crippen molar-refractivity contribution in [3.8, 4) is 0 Å². The van der Waals surface area contributed by atoms with Gasteiger partial charge in [0.15, 0.2) is 5.89 Å². The van der Waals surface area contributed by atoms with E-state index in [1.807, 2.05) is 27.7 Å². The Bertz CT molecular complexity index is 360. The Hall–Kier alpha value is -1.32. The highest BCUT2D eigenvalue weighted by Gasteiger charge is 2.22. The lowest BCUT2D eigenvalue weighted by Gasteiger charge is -2.12. The van der Waals surface area contributed by atoms with Crippen LogP contribution < -0.4 is 0 Å². The van der Waals surface area contributed by atoms with Gasteiger partial charge in [0.25, 0.3) is 0 Å². The lowest BCUT2D eigenvalue weighted by atomic mass is 9.97. The molecule has 1 N–H and O–H groups in total. The standard InChI is InChI=1S/C11H17NO3/c1-7-8(5-6-9(13)14)15-10(12-7)11(2,3)4/h5-6H2,1-4H3,(H,13,14). The number of aliphatic carboxylic acids is 1. The topological polar surface area (TPSA) is 63.3 Å². The van der Waals surface area contributed by atoms with E-state index in [1.54, 1.807) is 0 Å². The third-order valence-electron chi connectivity index (χ3n) is 2.10. The molecule has 1 aromatic heterocycles. The number of aromatic nitrogens is 1. The predicted molar refractivity (Wildman–Crippen MR) is 55.9 cm³/mol. The number of carbonyl (C=O) groups is 1. The summed E-state index contributed by atoms with van der Waals surface area (Å²) >= 11 is 0. The number of carboxylic acid groups (broad SMARTS) is 1. The summed E-state index contributed by atoms with van der Waals surface area (Å²) in [5.74, 6) is 0.533. The van der Waals surface area contributed by atoms with Crippen LogP contribution in [0.15, 0.2) is 4.42 Å². The van der Waals surface area contributed by atoms with Crippen LogP contribution in [0.1, 0.15) is 44.5 Å². The molecule has 0 spiro atoms. The van der Waals surface area contributed by atoms with Crippen LogP contribution in [-0.2, 0) is 16.6 Å². The van der Waals surface area contributed by atoms with Gasteiger partial charge in [-0.2, -0.15) is 0 Å². The molecule has 0 radical (unpaired) electrons. The van der Waals surface area contributed by atoms with Crippen LogP contribution in [0.4, 0.5) is 0 Å². The summed E-state index contributed by atoms with van der Waals surface area (Å²) in [6.07, 6.45) is 0.490. The first-order valence-electron chi connectivity index (χ1n) is 4.99. The summed E-state index contributed by atoms with van der Waals surface area (Å²) in [6.45, 7) is 7.88.